The van der Waals surface area contributed by atoms with Gasteiger partial charge in [0, 0.05) is 6.61 Å². The highest BCUT2D eigenvalue weighted by Gasteiger charge is 2.17. The van der Waals surface area contributed by atoms with Crippen molar-refractivity contribution in [1.82, 2.24) is 0 Å². The van der Waals surface area contributed by atoms with Gasteiger partial charge in [0.2, 0.25) is 0 Å². The lowest BCUT2D eigenvalue weighted by Crippen LogP contribution is -2.25. The van der Waals surface area contributed by atoms with Crippen LogP contribution < -0.4 is 0 Å². The van der Waals surface area contributed by atoms with E-state index in [0.717, 1.165) is 25.9 Å². The molecule has 0 radical (unpaired) electrons. The van der Waals surface area contributed by atoms with Crippen molar-refractivity contribution in [1.29, 1.82) is 0 Å². The zero-order valence-corrected chi connectivity index (χ0v) is 11.3. The van der Waals surface area contributed by atoms with Crippen LogP contribution in [-0.2, 0) is 9.47 Å². The minimum atomic E-state index is -0.400. The fraction of sp³-hybridized carbons (Fsp3) is 0.462. The van der Waals surface area contributed by atoms with E-state index in [4.69, 9.17) is 32.7 Å². The van der Waals surface area contributed by atoms with Gasteiger partial charge in [0.05, 0.1) is 21.7 Å². The number of carbonyl (C=O) groups is 1. The summed E-state index contributed by atoms with van der Waals surface area (Å²) >= 11 is 11.6. The summed E-state index contributed by atoms with van der Waals surface area (Å²) in [6.45, 7) is 1.04. The number of carbonyl (C=O) groups excluding carboxylic acids is 1. The monoisotopic (exact) mass is 288 g/mol. The number of hydrogen-bond donors (Lipinski definition) is 0. The second-order valence-electron chi connectivity index (χ2n) is 4.22. The summed E-state index contributed by atoms with van der Waals surface area (Å²) in [6.07, 6.45) is 3.16. The lowest BCUT2D eigenvalue weighted by molar-refractivity contribution is -0.0300. The maximum Gasteiger partial charge on any atom is 0.338 e. The first kappa shape index (κ1) is 13.7. The Labute approximate surface area is 116 Å². The fourth-order valence-electron chi connectivity index (χ4n) is 1.81. The second kappa shape index (κ2) is 6.41. The lowest BCUT2D eigenvalue weighted by Gasteiger charge is -2.22. The average molecular weight is 289 g/mol. The summed E-state index contributed by atoms with van der Waals surface area (Å²) in [5, 5.41) is 0.767. The van der Waals surface area contributed by atoms with E-state index in [1.807, 2.05) is 0 Å². The molecule has 0 aliphatic carbocycles. The fourth-order valence-corrected chi connectivity index (χ4v) is 2.11. The van der Waals surface area contributed by atoms with E-state index < -0.39 is 5.97 Å². The van der Waals surface area contributed by atoms with Crippen molar-refractivity contribution < 1.29 is 14.3 Å². The molecule has 1 saturated heterocycles. The van der Waals surface area contributed by atoms with Crippen LogP contribution in [0.3, 0.4) is 0 Å². The molecule has 18 heavy (non-hydrogen) atoms. The number of halogens is 2. The minimum Gasteiger partial charge on any atom is -0.459 e. The summed E-state index contributed by atoms with van der Waals surface area (Å²) in [5.74, 6) is -0.400. The summed E-state index contributed by atoms with van der Waals surface area (Å²) in [5.41, 5.74) is 0.403. The Morgan fingerprint density at radius 2 is 2.17 bits per heavy atom. The normalized spacial score (nSPS) is 19.6. The van der Waals surface area contributed by atoms with Crippen LogP contribution in [0.2, 0.25) is 10.0 Å². The molecular weight excluding hydrogens is 275 g/mol. The third kappa shape index (κ3) is 3.61. The topological polar surface area (TPSA) is 35.5 Å². The number of rotatable bonds is 3. The molecule has 98 valence electrons. The molecule has 1 aromatic carbocycles. The Morgan fingerprint density at radius 3 is 2.83 bits per heavy atom. The van der Waals surface area contributed by atoms with Crippen molar-refractivity contribution in [3.05, 3.63) is 33.8 Å². The third-order valence-electron chi connectivity index (χ3n) is 2.83. The second-order valence-corrected chi connectivity index (χ2v) is 5.03. The van der Waals surface area contributed by atoms with Crippen molar-refractivity contribution in [2.24, 2.45) is 0 Å². The molecule has 5 heteroatoms. The molecule has 0 bridgehead atoms. The zero-order valence-electron chi connectivity index (χ0n) is 9.83. The van der Waals surface area contributed by atoms with Crippen LogP contribution >= 0.6 is 23.2 Å². The van der Waals surface area contributed by atoms with Crippen molar-refractivity contribution in [3.63, 3.8) is 0 Å². The van der Waals surface area contributed by atoms with E-state index in [1.54, 1.807) is 12.1 Å². The first-order valence-corrected chi connectivity index (χ1v) is 6.66. The standard InChI is InChI=1S/C13H14Cl2O3/c14-11-5-4-9(7-12(11)15)13(16)18-8-10-3-1-2-6-17-10/h4-5,7,10H,1-3,6,8H2. The highest BCUT2D eigenvalue weighted by molar-refractivity contribution is 6.42. The zero-order chi connectivity index (χ0) is 13.0. The molecular formula is C13H14Cl2O3. The Hall–Kier alpha value is -0.770. The highest BCUT2D eigenvalue weighted by atomic mass is 35.5. The smallest absolute Gasteiger partial charge is 0.338 e. The molecule has 0 amide bonds. The highest BCUT2D eigenvalue weighted by Crippen LogP contribution is 2.23. The van der Waals surface area contributed by atoms with Gasteiger partial charge in [-0.2, -0.15) is 0 Å². The number of ether oxygens (including phenoxy) is 2. The van der Waals surface area contributed by atoms with Crippen molar-refractivity contribution in [2.45, 2.75) is 25.4 Å². The van der Waals surface area contributed by atoms with Crippen molar-refractivity contribution in [3.8, 4) is 0 Å². The van der Waals surface area contributed by atoms with E-state index in [0.29, 0.717) is 22.2 Å². The van der Waals surface area contributed by atoms with Crippen molar-refractivity contribution >= 4 is 29.2 Å². The Morgan fingerprint density at radius 1 is 1.33 bits per heavy atom. The van der Waals surface area contributed by atoms with Gasteiger partial charge in [-0.05, 0) is 37.5 Å². The van der Waals surface area contributed by atoms with E-state index in [1.165, 1.54) is 6.07 Å². The van der Waals surface area contributed by atoms with Gasteiger partial charge < -0.3 is 9.47 Å². The van der Waals surface area contributed by atoms with E-state index in [9.17, 15) is 4.79 Å². The molecule has 0 aromatic heterocycles. The molecule has 1 aliphatic rings. The maximum absolute atomic E-state index is 11.8. The predicted molar refractivity (Wildman–Crippen MR) is 70.3 cm³/mol. The van der Waals surface area contributed by atoms with Crippen LogP contribution in [-0.4, -0.2) is 25.3 Å². The summed E-state index contributed by atoms with van der Waals surface area (Å²) in [6, 6.07) is 4.68. The molecule has 1 unspecified atom stereocenters. The Bertz CT molecular complexity index is 428. The summed E-state index contributed by atoms with van der Waals surface area (Å²) < 4.78 is 10.7. The SMILES string of the molecule is O=C(OCC1CCCCO1)c1ccc(Cl)c(Cl)c1. The molecule has 1 heterocycles. The number of benzene rings is 1. The number of esters is 1. The molecule has 3 nitrogen and oxygen atoms in total. The molecule has 1 atom stereocenters. The predicted octanol–water partition coefficient (Wildman–Crippen LogP) is 3.72. The van der Waals surface area contributed by atoms with Gasteiger partial charge in [-0.15, -0.1) is 0 Å². The minimum absolute atomic E-state index is 0.0190. The van der Waals surface area contributed by atoms with E-state index in [-0.39, 0.29) is 6.10 Å². The Kier molecular flexibility index (Phi) is 4.87. The van der Waals surface area contributed by atoms with Crippen LogP contribution in [0, 0.1) is 0 Å². The van der Waals surface area contributed by atoms with Crippen LogP contribution in [0.5, 0.6) is 0 Å². The van der Waals surface area contributed by atoms with Crippen molar-refractivity contribution in [2.75, 3.05) is 13.2 Å². The molecule has 1 aromatic rings. The lowest BCUT2D eigenvalue weighted by atomic mass is 10.1. The van der Waals surface area contributed by atoms with E-state index >= 15 is 0 Å². The molecule has 1 aliphatic heterocycles. The first-order valence-electron chi connectivity index (χ1n) is 5.90. The van der Waals surface area contributed by atoms with Crippen LogP contribution in [0.25, 0.3) is 0 Å². The van der Waals surface area contributed by atoms with E-state index in [2.05, 4.69) is 0 Å². The van der Waals surface area contributed by atoms with Crippen LogP contribution in [0.15, 0.2) is 18.2 Å². The first-order chi connectivity index (χ1) is 8.66. The van der Waals surface area contributed by atoms with Gasteiger partial charge >= 0.3 is 5.97 Å². The van der Waals surface area contributed by atoms with Crippen LogP contribution in [0.4, 0.5) is 0 Å². The molecule has 0 saturated carbocycles. The number of hydrogen-bond acceptors (Lipinski definition) is 3. The largest absolute Gasteiger partial charge is 0.459 e. The Balaban J connectivity index is 1.88. The van der Waals surface area contributed by atoms with Gasteiger partial charge in [-0.3, -0.25) is 0 Å². The average Bonchev–Trinajstić information content (AvgIpc) is 2.40. The quantitative estimate of drug-likeness (QED) is 0.795. The van der Waals surface area contributed by atoms with Gasteiger partial charge in [0.1, 0.15) is 6.61 Å². The summed E-state index contributed by atoms with van der Waals surface area (Å²) in [4.78, 5) is 11.8. The molecule has 0 N–H and O–H groups in total. The van der Waals surface area contributed by atoms with Gasteiger partial charge in [0.15, 0.2) is 0 Å². The van der Waals surface area contributed by atoms with Gasteiger partial charge in [-0.1, -0.05) is 23.2 Å². The summed E-state index contributed by atoms with van der Waals surface area (Å²) in [7, 11) is 0. The maximum atomic E-state index is 11.8. The molecule has 2 rings (SSSR count). The molecule has 0 spiro atoms. The van der Waals surface area contributed by atoms with Gasteiger partial charge in [0.25, 0.3) is 0 Å². The molecule has 1 fully saturated rings. The third-order valence-corrected chi connectivity index (χ3v) is 3.57. The van der Waals surface area contributed by atoms with Gasteiger partial charge in [-0.25, -0.2) is 4.79 Å². The van der Waals surface area contributed by atoms with Crippen LogP contribution in [0.1, 0.15) is 29.6 Å².